The van der Waals surface area contributed by atoms with Crippen LogP contribution in [0.5, 0.6) is 5.75 Å². The molecule has 0 aliphatic carbocycles. The molecular weight excluding hydrogens is 516 g/mol. The van der Waals surface area contributed by atoms with Crippen molar-refractivity contribution in [1.29, 1.82) is 0 Å². The molecule has 3 aromatic rings. The van der Waals surface area contributed by atoms with Crippen LogP contribution in [0.25, 0.3) is 10.9 Å². The predicted octanol–water partition coefficient (Wildman–Crippen LogP) is 6.51. The second-order valence-corrected chi connectivity index (χ2v) is 12.3. The maximum Gasteiger partial charge on any atom is 0.303 e. The fourth-order valence-corrected chi connectivity index (χ4v) is 7.18. The average Bonchev–Trinajstić information content (AvgIpc) is 3.39. The Morgan fingerprint density at radius 3 is 2.83 bits per heavy atom. The zero-order chi connectivity index (χ0) is 25.5. The smallest absolute Gasteiger partial charge is 0.303 e. The molecule has 194 valence electrons. The van der Waals surface area contributed by atoms with Crippen LogP contribution in [-0.4, -0.2) is 58.6 Å². The zero-order valence-corrected chi connectivity index (χ0v) is 22.9. The summed E-state index contributed by atoms with van der Waals surface area (Å²) in [6.45, 7) is 2.82. The Kier molecular flexibility index (Phi) is 9.52. The van der Waals surface area contributed by atoms with Gasteiger partial charge in [-0.3, -0.25) is 9.78 Å². The lowest BCUT2D eigenvalue weighted by molar-refractivity contribution is -0.141. The topological polar surface area (TPSA) is 82.9 Å². The van der Waals surface area contributed by atoms with E-state index >= 15 is 0 Å². The molecule has 4 rings (SSSR count). The van der Waals surface area contributed by atoms with Crippen LogP contribution < -0.4 is 4.74 Å². The molecule has 0 amide bonds. The molecule has 0 radical (unpaired) electrons. The van der Waals surface area contributed by atoms with E-state index in [1.807, 2.05) is 30.0 Å². The summed E-state index contributed by atoms with van der Waals surface area (Å²) in [5.74, 6) is 0.987. The van der Waals surface area contributed by atoms with Gasteiger partial charge in [0, 0.05) is 22.9 Å². The molecule has 1 atom stereocenters. The number of hydrogen-bond acceptors (Lipinski definition) is 7. The number of aliphatic hydroxyl groups excluding tert-OH is 1. The second-order valence-electron chi connectivity index (χ2n) is 9.50. The lowest BCUT2D eigenvalue weighted by atomic mass is 9.71. The van der Waals surface area contributed by atoms with E-state index in [0.29, 0.717) is 29.2 Å². The van der Waals surface area contributed by atoms with Crippen molar-refractivity contribution in [3.05, 3.63) is 52.5 Å². The normalized spacial score (nSPS) is 16.8. The minimum Gasteiger partial charge on any atom is -0.497 e. The predicted molar refractivity (Wildman–Crippen MR) is 148 cm³/mol. The number of methoxy groups -OCH3 is 1. The molecule has 0 saturated carbocycles. The lowest BCUT2D eigenvalue weighted by Crippen LogP contribution is -2.41. The number of carboxylic acids is 1. The number of piperidine rings is 1. The maximum absolute atomic E-state index is 11.8. The Balaban J connectivity index is 1.37. The Morgan fingerprint density at radius 1 is 1.33 bits per heavy atom. The number of pyridine rings is 1. The molecule has 36 heavy (non-hydrogen) atoms. The van der Waals surface area contributed by atoms with E-state index in [1.165, 1.54) is 4.21 Å². The van der Waals surface area contributed by atoms with Gasteiger partial charge in [0.1, 0.15) is 5.75 Å². The molecule has 0 spiro atoms. The molecule has 0 bridgehead atoms. The number of halogens is 1. The number of aliphatic hydroxyl groups is 1. The van der Waals surface area contributed by atoms with Gasteiger partial charge in [-0.25, -0.2) is 0 Å². The minimum atomic E-state index is -0.812. The molecule has 1 aliphatic heterocycles. The van der Waals surface area contributed by atoms with Crippen molar-refractivity contribution < 1.29 is 19.7 Å². The van der Waals surface area contributed by atoms with E-state index in [9.17, 15) is 15.0 Å². The van der Waals surface area contributed by atoms with Crippen LogP contribution in [-0.2, 0) is 4.79 Å². The van der Waals surface area contributed by atoms with Crippen LogP contribution >= 0.6 is 34.7 Å². The van der Waals surface area contributed by atoms with Gasteiger partial charge in [-0.15, -0.1) is 23.1 Å². The number of thiophene rings is 1. The van der Waals surface area contributed by atoms with Crippen LogP contribution in [0.1, 0.15) is 50.2 Å². The van der Waals surface area contributed by atoms with Crippen molar-refractivity contribution in [1.82, 2.24) is 9.88 Å². The molecule has 2 N–H and O–H groups in total. The molecule has 9 heteroatoms. The molecule has 1 aliphatic rings. The third-order valence-corrected chi connectivity index (χ3v) is 9.67. The van der Waals surface area contributed by atoms with Gasteiger partial charge in [-0.2, -0.15) is 0 Å². The summed E-state index contributed by atoms with van der Waals surface area (Å²) in [5.41, 5.74) is 1.05. The molecule has 1 aromatic carbocycles. The highest BCUT2D eigenvalue weighted by Crippen LogP contribution is 2.43. The van der Waals surface area contributed by atoms with Crippen LogP contribution in [0.3, 0.4) is 0 Å². The Morgan fingerprint density at radius 2 is 2.14 bits per heavy atom. The first-order chi connectivity index (χ1) is 17.4. The van der Waals surface area contributed by atoms with E-state index in [-0.39, 0.29) is 11.8 Å². The monoisotopic (exact) mass is 548 g/mol. The van der Waals surface area contributed by atoms with Gasteiger partial charge >= 0.3 is 5.97 Å². The van der Waals surface area contributed by atoms with Crippen molar-refractivity contribution in [3.63, 3.8) is 0 Å². The van der Waals surface area contributed by atoms with E-state index < -0.39 is 12.1 Å². The molecule has 3 heterocycles. The number of benzene rings is 1. The number of thioether (sulfide) groups is 1. The largest absolute Gasteiger partial charge is 0.497 e. The van der Waals surface area contributed by atoms with Crippen molar-refractivity contribution in [2.24, 2.45) is 5.41 Å². The van der Waals surface area contributed by atoms with Crippen LogP contribution in [0.2, 0.25) is 5.02 Å². The standard InChI is InChI=1S/C27H33ClN2O4S2/c1-34-19-5-6-22-20(16-19)26(21(28)18-29-22)23(31)7-8-27(17-24(32)33)9-12-30(13-10-27)11-3-15-36-25-4-2-14-35-25/h2,4-6,14,16,18,23,31H,3,7-13,15,17H2,1H3,(H,32,33). The fraction of sp³-hybridized carbons (Fsp3) is 0.481. The third-order valence-electron chi connectivity index (χ3n) is 7.15. The fourth-order valence-electron chi connectivity index (χ4n) is 5.11. The average molecular weight is 549 g/mol. The summed E-state index contributed by atoms with van der Waals surface area (Å²) in [5, 5.41) is 24.1. The maximum atomic E-state index is 11.8. The van der Waals surface area contributed by atoms with E-state index in [1.54, 1.807) is 24.6 Å². The number of carbonyl (C=O) groups is 1. The van der Waals surface area contributed by atoms with Crippen LogP contribution in [0.4, 0.5) is 0 Å². The summed E-state index contributed by atoms with van der Waals surface area (Å²) < 4.78 is 6.71. The summed E-state index contributed by atoms with van der Waals surface area (Å²) >= 11 is 10.2. The first-order valence-electron chi connectivity index (χ1n) is 12.3. The Bertz CT molecular complexity index is 1150. The summed E-state index contributed by atoms with van der Waals surface area (Å²) in [6, 6.07) is 9.76. The number of aliphatic carboxylic acids is 1. The Labute approximate surface area is 225 Å². The number of fused-ring (bicyclic) bond motifs is 1. The third kappa shape index (κ3) is 6.92. The first-order valence-corrected chi connectivity index (χ1v) is 14.5. The van der Waals surface area contributed by atoms with E-state index in [4.69, 9.17) is 16.3 Å². The molecule has 1 saturated heterocycles. The number of nitrogens with zero attached hydrogens (tertiary/aromatic N) is 2. The van der Waals surface area contributed by atoms with E-state index in [0.717, 1.165) is 55.6 Å². The van der Waals surface area contributed by atoms with Gasteiger partial charge < -0.3 is 19.8 Å². The number of rotatable bonds is 12. The van der Waals surface area contributed by atoms with Gasteiger partial charge in [0.15, 0.2) is 0 Å². The number of aromatic nitrogens is 1. The molecule has 6 nitrogen and oxygen atoms in total. The summed E-state index contributed by atoms with van der Waals surface area (Å²) in [4.78, 5) is 18.6. The minimum absolute atomic E-state index is 0.125. The van der Waals surface area contributed by atoms with Crippen molar-refractivity contribution in [3.8, 4) is 5.75 Å². The van der Waals surface area contributed by atoms with E-state index in [2.05, 4.69) is 27.4 Å². The SMILES string of the molecule is COc1ccc2ncc(Cl)c(C(O)CCC3(CC(=O)O)CCN(CCCSc4cccs4)CC3)c2c1. The van der Waals surface area contributed by atoms with Gasteiger partial charge in [0.05, 0.1) is 34.4 Å². The van der Waals surface area contributed by atoms with Gasteiger partial charge in [-0.05, 0) is 86.8 Å². The number of likely N-dealkylation sites (tertiary alicyclic amines) is 1. The molecule has 2 aromatic heterocycles. The molecular formula is C27H33ClN2O4S2. The number of hydrogen-bond donors (Lipinski definition) is 2. The highest BCUT2D eigenvalue weighted by Gasteiger charge is 2.37. The van der Waals surface area contributed by atoms with Crippen molar-refractivity contribution in [2.45, 2.75) is 48.8 Å². The van der Waals surface area contributed by atoms with Crippen molar-refractivity contribution >= 4 is 51.6 Å². The van der Waals surface area contributed by atoms with Crippen molar-refractivity contribution in [2.75, 3.05) is 32.5 Å². The molecule has 1 unspecified atom stereocenters. The van der Waals surface area contributed by atoms with Gasteiger partial charge in [-0.1, -0.05) is 17.7 Å². The quantitative estimate of drug-likeness (QED) is 0.197. The number of carboxylic acid groups (broad SMARTS) is 1. The Hall–Kier alpha value is -1.84. The highest BCUT2D eigenvalue weighted by atomic mass is 35.5. The first kappa shape index (κ1) is 27.2. The highest BCUT2D eigenvalue weighted by molar-refractivity contribution is 8.01. The van der Waals surface area contributed by atoms with Crippen LogP contribution in [0, 0.1) is 5.41 Å². The van der Waals surface area contributed by atoms with Gasteiger partial charge in [0.2, 0.25) is 0 Å². The zero-order valence-electron chi connectivity index (χ0n) is 20.5. The summed E-state index contributed by atoms with van der Waals surface area (Å²) in [6.07, 6.45) is 4.72. The molecule has 1 fully saturated rings. The number of ether oxygens (including phenoxy) is 1. The summed E-state index contributed by atoms with van der Waals surface area (Å²) in [7, 11) is 1.60. The van der Waals surface area contributed by atoms with Crippen LogP contribution in [0.15, 0.2) is 46.1 Å². The second kappa shape index (κ2) is 12.6. The lowest BCUT2D eigenvalue weighted by Gasteiger charge is -2.41. The van der Waals surface area contributed by atoms with Gasteiger partial charge in [0.25, 0.3) is 0 Å².